The van der Waals surface area contributed by atoms with Gasteiger partial charge in [-0.15, -0.1) is 0 Å². The Bertz CT molecular complexity index is 342. The van der Waals surface area contributed by atoms with Gasteiger partial charge >= 0.3 is 0 Å². The molecule has 1 aliphatic carbocycles. The van der Waals surface area contributed by atoms with Crippen LogP contribution in [0, 0.1) is 11.8 Å². The van der Waals surface area contributed by atoms with Crippen LogP contribution in [0.25, 0.3) is 0 Å². The van der Waals surface area contributed by atoms with E-state index in [1.54, 1.807) is 11.3 Å². The van der Waals surface area contributed by atoms with E-state index in [9.17, 15) is 4.79 Å². The van der Waals surface area contributed by atoms with Crippen LogP contribution >= 0.6 is 11.3 Å². The van der Waals surface area contributed by atoms with Crippen LogP contribution in [-0.4, -0.2) is 5.78 Å². The molecule has 0 aromatic carbocycles. The number of carbonyl (C=O) groups excluding carboxylic acids is 1. The lowest BCUT2D eigenvalue weighted by molar-refractivity contribution is -0.125. The number of hydrogen-bond donors (Lipinski definition) is 0. The van der Waals surface area contributed by atoms with Crippen molar-refractivity contribution in [1.82, 2.24) is 0 Å². The molecule has 0 saturated heterocycles. The van der Waals surface area contributed by atoms with Gasteiger partial charge in [-0.1, -0.05) is 19.8 Å². The lowest BCUT2D eigenvalue weighted by atomic mass is 9.76. The van der Waals surface area contributed by atoms with Crippen LogP contribution in [0.2, 0.25) is 0 Å². The van der Waals surface area contributed by atoms with Gasteiger partial charge in [0, 0.05) is 12.3 Å². The van der Waals surface area contributed by atoms with Crippen molar-refractivity contribution in [1.29, 1.82) is 0 Å². The normalized spacial score (nSPS) is 25.1. The number of rotatable bonds is 5. The molecule has 2 unspecified atom stereocenters. The SMILES string of the molecule is CCCC1CCC(=O)C(CCc2ccsc2)C1. The summed E-state index contributed by atoms with van der Waals surface area (Å²) in [4.78, 5) is 11.9. The summed E-state index contributed by atoms with van der Waals surface area (Å²) in [6.07, 6.45) is 7.84. The standard InChI is InChI=1S/C15H22OS/c1-2-3-12-5-7-15(16)14(10-12)6-4-13-8-9-17-11-13/h8-9,11-12,14H,2-7,10H2,1H3. The van der Waals surface area contributed by atoms with Gasteiger partial charge in [-0.05, 0) is 54.0 Å². The molecule has 1 heterocycles. The minimum absolute atomic E-state index is 0.347. The molecule has 1 fully saturated rings. The monoisotopic (exact) mass is 250 g/mol. The highest BCUT2D eigenvalue weighted by Crippen LogP contribution is 2.32. The van der Waals surface area contributed by atoms with Crippen LogP contribution in [0.4, 0.5) is 0 Å². The van der Waals surface area contributed by atoms with Crippen molar-refractivity contribution in [2.45, 2.75) is 51.9 Å². The average Bonchev–Trinajstić information content (AvgIpc) is 2.83. The summed E-state index contributed by atoms with van der Waals surface area (Å²) >= 11 is 1.75. The van der Waals surface area contributed by atoms with Gasteiger partial charge in [-0.2, -0.15) is 11.3 Å². The smallest absolute Gasteiger partial charge is 0.136 e. The number of hydrogen-bond acceptors (Lipinski definition) is 2. The Balaban J connectivity index is 1.83. The highest BCUT2D eigenvalue weighted by atomic mass is 32.1. The van der Waals surface area contributed by atoms with E-state index in [1.807, 2.05) is 0 Å². The Hall–Kier alpha value is -0.630. The van der Waals surface area contributed by atoms with Crippen LogP contribution in [0.1, 0.15) is 51.0 Å². The Morgan fingerprint density at radius 3 is 3.00 bits per heavy atom. The van der Waals surface area contributed by atoms with Gasteiger partial charge in [0.25, 0.3) is 0 Å². The third kappa shape index (κ3) is 3.67. The van der Waals surface area contributed by atoms with Crippen LogP contribution < -0.4 is 0 Å². The van der Waals surface area contributed by atoms with Crippen molar-refractivity contribution >= 4 is 17.1 Å². The lowest BCUT2D eigenvalue weighted by Crippen LogP contribution is -2.25. The molecule has 1 aromatic heterocycles. The molecule has 1 saturated carbocycles. The van der Waals surface area contributed by atoms with Crippen molar-refractivity contribution in [2.24, 2.45) is 11.8 Å². The topological polar surface area (TPSA) is 17.1 Å². The Kier molecular flexibility index (Phi) is 4.78. The average molecular weight is 250 g/mol. The molecule has 2 heteroatoms. The molecule has 17 heavy (non-hydrogen) atoms. The first-order chi connectivity index (χ1) is 8.29. The van der Waals surface area contributed by atoms with Crippen molar-refractivity contribution in [3.05, 3.63) is 22.4 Å². The van der Waals surface area contributed by atoms with E-state index in [0.29, 0.717) is 11.7 Å². The first-order valence-corrected chi connectivity index (χ1v) is 7.77. The van der Waals surface area contributed by atoms with E-state index in [4.69, 9.17) is 0 Å². The van der Waals surface area contributed by atoms with Gasteiger partial charge in [0.05, 0.1) is 0 Å². The van der Waals surface area contributed by atoms with Gasteiger partial charge in [0.2, 0.25) is 0 Å². The van der Waals surface area contributed by atoms with Gasteiger partial charge < -0.3 is 0 Å². The second-order valence-corrected chi connectivity index (χ2v) is 6.04. The fourth-order valence-electron chi connectivity index (χ4n) is 2.93. The quantitative estimate of drug-likeness (QED) is 0.753. The van der Waals surface area contributed by atoms with E-state index >= 15 is 0 Å². The van der Waals surface area contributed by atoms with Crippen molar-refractivity contribution < 1.29 is 4.79 Å². The summed E-state index contributed by atoms with van der Waals surface area (Å²) in [6.45, 7) is 2.25. The van der Waals surface area contributed by atoms with E-state index in [2.05, 4.69) is 23.8 Å². The van der Waals surface area contributed by atoms with Gasteiger partial charge in [0.1, 0.15) is 5.78 Å². The molecular formula is C15H22OS. The third-order valence-electron chi connectivity index (χ3n) is 3.93. The molecule has 0 amide bonds. The van der Waals surface area contributed by atoms with Gasteiger partial charge in [-0.25, -0.2) is 0 Å². The maximum absolute atomic E-state index is 11.9. The summed E-state index contributed by atoms with van der Waals surface area (Å²) in [7, 11) is 0. The number of Topliss-reactive ketones (excluding diaryl/α,β-unsaturated/α-hetero) is 1. The van der Waals surface area contributed by atoms with Crippen molar-refractivity contribution in [3.63, 3.8) is 0 Å². The molecule has 1 aromatic rings. The van der Waals surface area contributed by atoms with Crippen LogP contribution in [0.5, 0.6) is 0 Å². The Morgan fingerprint density at radius 1 is 1.41 bits per heavy atom. The van der Waals surface area contributed by atoms with Crippen LogP contribution in [0.3, 0.4) is 0 Å². The molecule has 0 radical (unpaired) electrons. The molecule has 0 N–H and O–H groups in total. The number of aryl methyl sites for hydroxylation is 1. The number of carbonyl (C=O) groups is 1. The molecule has 94 valence electrons. The van der Waals surface area contributed by atoms with Gasteiger partial charge in [-0.3, -0.25) is 4.79 Å². The molecule has 1 aliphatic rings. The van der Waals surface area contributed by atoms with E-state index in [-0.39, 0.29) is 0 Å². The largest absolute Gasteiger partial charge is 0.299 e. The maximum atomic E-state index is 11.9. The fourth-order valence-corrected chi connectivity index (χ4v) is 3.63. The highest BCUT2D eigenvalue weighted by molar-refractivity contribution is 7.07. The molecule has 0 aliphatic heterocycles. The third-order valence-corrected chi connectivity index (χ3v) is 4.66. The number of thiophene rings is 1. The summed E-state index contributed by atoms with van der Waals surface area (Å²) in [5.74, 6) is 1.68. The molecule has 2 atom stereocenters. The summed E-state index contributed by atoms with van der Waals surface area (Å²) in [6, 6.07) is 2.18. The van der Waals surface area contributed by atoms with Crippen LogP contribution in [-0.2, 0) is 11.2 Å². The molecule has 2 rings (SSSR count). The van der Waals surface area contributed by atoms with E-state index < -0.39 is 0 Å². The molecule has 0 spiro atoms. The zero-order chi connectivity index (χ0) is 12.1. The molecular weight excluding hydrogens is 228 g/mol. The summed E-state index contributed by atoms with van der Waals surface area (Å²) in [5, 5.41) is 4.33. The van der Waals surface area contributed by atoms with E-state index in [0.717, 1.165) is 38.0 Å². The zero-order valence-electron chi connectivity index (χ0n) is 10.7. The second kappa shape index (κ2) is 6.34. The fraction of sp³-hybridized carbons (Fsp3) is 0.667. The predicted octanol–water partition coefficient (Wildman–Crippen LogP) is 4.47. The predicted molar refractivity (Wildman–Crippen MR) is 73.4 cm³/mol. The molecule has 1 nitrogen and oxygen atoms in total. The van der Waals surface area contributed by atoms with E-state index in [1.165, 1.54) is 18.4 Å². The molecule has 0 bridgehead atoms. The van der Waals surface area contributed by atoms with Crippen LogP contribution in [0.15, 0.2) is 16.8 Å². The zero-order valence-corrected chi connectivity index (χ0v) is 11.5. The van der Waals surface area contributed by atoms with Crippen molar-refractivity contribution in [2.75, 3.05) is 0 Å². The highest BCUT2D eigenvalue weighted by Gasteiger charge is 2.27. The minimum atomic E-state index is 0.347. The Labute approximate surface area is 108 Å². The Morgan fingerprint density at radius 2 is 2.29 bits per heavy atom. The lowest BCUT2D eigenvalue weighted by Gasteiger charge is -2.27. The number of ketones is 1. The minimum Gasteiger partial charge on any atom is -0.299 e. The maximum Gasteiger partial charge on any atom is 0.136 e. The summed E-state index contributed by atoms with van der Waals surface area (Å²) < 4.78 is 0. The first kappa shape index (κ1) is 12.8. The van der Waals surface area contributed by atoms with Gasteiger partial charge in [0.15, 0.2) is 0 Å². The summed E-state index contributed by atoms with van der Waals surface area (Å²) in [5.41, 5.74) is 1.40. The first-order valence-electron chi connectivity index (χ1n) is 6.83. The van der Waals surface area contributed by atoms with Crippen molar-refractivity contribution in [3.8, 4) is 0 Å². The second-order valence-electron chi connectivity index (χ2n) is 5.26.